The molecule has 2 aliphatic heterocycles. The molecule has 168 valence electrons. The zero-order valence-corrected chi connectivity index (χ0v) is 18.9. The van der Waals surface area contributed by atoms with Gasteiger partial charge in [-0.05, 0) is 66.8 Å². The molecule has 31 heavy (non-hydrogen) atoms. The molecule has 0 bridgehead atoms. The lowest BCUT2D eigenvalue weighted by Crippen LogP contribution is -2.57. The average molecular weight is 430 g/mol. The maximum absolute atomic E-state index is 13.2. The van der Waals surface area contributed by atoms with Gasteiger partial charge >= 0.3 is 0 Å². The Morgan fingerprint density at radius 3 is 2.42 bits per heavy atom. The lowest BCUT2D eigenvalue weighted by Gasteiger charge is -2.43. The molecular formula is C25H34FN2O3+. The topological polar surface area (TPSA) is 30.9 Å². The van der Waals surface area contributed by atoms with E-state index in [1.807, 2.05) is 12.1 Å². The number of likely N-dealkylation sites (N-methyl/N-ethyl adjacent to an activating group) is 1. The van der Waals surface area contributed by atoms with Gasteiger partial charge in [-0.1, -0.05) is 0 Å². The van der Waals surface area contributed by atoms with Crippen LogP contribution in [0.25, 0.3) is 0 Å². The van der Waals surface area contributed by atoms with Crippen LogP contribution in [-0.2, 0) is 11.2 Å². The summed E-state index contributed by atoms with van der Waals surface area (Å²) in [4.78, 5) is 2.36. The minimum Gasteiger partial charge on any atom is -0.493 e. The highest BCUT2D eigenvalue weighted by atomic mass is 19.1. The smallest absolute Gasteiger partial charge is 0.161 e. The Bertz CT molecular complexity index is 879. The highest BCUT2D eigenvalue weighted by molar-refractivity contribution is 5.49. The molecule has 2 heterocycles. The molecule has 0 saturated carbocycles. The molecule has 1 unspecified atom stereocenters. The Labute approximate surface area is 184 Å². The highest BCUT2D eigenvalue weighted by Crippen LogP contribution is 2.38. The fourth-order valence-corrected chi connectivity index (χ4v) is 4.83. The van der Waals surface area contributed by atoms with Crippen molar-refractivity contribution in [3.8, 4) is 11.5 Å². The minimum atomic E-state index is -0.177. The molecule has 2 aromatic carbocycles. The summed E-state index contributed by atoms with van der Waals surface area (Å²) in [5.41, 5.74) is 3.67. The summed E-state index contributed by atoms with van der Waals surface area (Å²) in [6, 6.07) is 11.1. The first-order valence-corrected chi connectivity index (χ1v) is 11.2. The molecule has 0 amide bonds. The Balaban J connectivity index is 1.32. The third kappa shape index (κ3) is 4.96. The van der Waals surface area contributed by atoms with E-state index in [0.717, 1.165) is 80.3 Å². The Morgan fingerprint density at radius 1 is 1.06 bits per heavy atom. The Morgan fingerprint density at radius 2 is 1.74 bits per heavy atom. The van der Waals surface area contributed by atoms with E-state index >= 15 is 0 Å². The number of hydrogen-bond donors (Lipinski definition) is 0. The molecule has 0 spiro atoms. The van der Waals surface area contributed by atoms with Gasteiger partial charge in [0.2, 0.25) is 0 Å². The lowest BCUT2D eigenvalue weighted by molar-refractivity contribution is -0.910. The van der Waals surface area contributed by atoms with Crippen molar-refractivity contribution in [2.24, 2.45) is 0 Å². The molecule has 6 heteroatoms. The van der Waals surface area contributed by atoms with Gasteiger partial charge in [-0.25, -0.2) is 4.39 Å². The molecule has 0 radical (unpaired) electrons. The molecule has 4 rings (SSSR count). The van der Waals surface area contributed by atoms with Crippen molar-refractivity contribution in [2.45, 2.75) is 25.4 Å². The second-order valence-corrected chi connectivity index (χ2v) is 8.91. The molecular weight excluding hydrogens is 395 g/mol. The fourth-order valence-electron chi connectivity index (χ4n) is 4.83. The van der Waals surface area contributed by atoms with Crippen molar-refractivity contribution in [1.29, 1.82) is 0 Å². The first kappa shape index (κ1) is 21.9. The largest absolute Gasteiger partial charge is 0.493 e. The van der Waals surface area contributed by atoms with E-state index in [2.05, 4.69) is 24.1 Å². The maximum Gasteiger partial charge on any atom is 0.161 e. The molecule has 2 aromatic rings. The molecule has 2 aliphatic rings. The minimum absolute atomic E-state index is 0.121. The van der Waals surface area contributed by atoms with Gasteiger partial charge in [0.25, 0.3) is 0 Å². The van der Waals surface area contributed by atoms with Gasteiger partial charge < -0.3 is 23.6 Å². The van der Waals surface area contributed by atoms with Crippen LogP contribution >= 0.6 is 0 Å². The highest BCUT2D eigenvalue weighted by Gasteiger charge is 2.30. The third-order valence-electron chi connectivity index (χ3n) is 6.86. The van der Waals surface area contributed by atoms with Gasteiger partial charge in [-0.15, -0.1) is 0 Å². The number of anilines is 1. The molecule has 0 aromatic heterocycles. The van der Waals surface area contributed by atoms with E-state index in [0.29, 0.717) is 0 Å². The monoisotopic (exact) mass is 429 g/mol. The lowest BCUT2D eigenvalue weighted by atomic mass is 9.94. The first-order chi connectivity index (χ1) is 15.0. The van der Waals surface area contributed by atoms with Crippen LogP contribution in [0.2, 0.25) is 0 Å². The van der Waals surface area contributed by atoms with Crippen molar-refractivity contribution in [2.75, 3.05) is 65.5 Å². The number of piperazine rings is 1. The first-order valence-electron chi connectivity index (χ1n) is 11.2. The third-order valence-corrected chi connectivity index (χ3v) is 6.86. The van der Waals surface area contributed by atoms with Gasteiger partial charge in [0.05, 0.1) is 66.7 Å². The van der Waals surface area contributed by atoms with Crippen molar-refractivity contribution >= 4 is 5.69 Å². The molecule has 0 aliphatic carbocycles. The van der Waals surface area contributed by atoms with E-state index < -0.39 is 0 Å². The van der Waals surface area contributed by atoms with Crippen LogP contribution < -0.4 is 14.4 Å². The van der Waals surface area contributed by atoms with Gasteiger partial charge in [0.15, 0.2) is 11.5 Å². The van der Waals surface area contributed by atoms with E-state index in [1.54, 1.807) is 26.4 Å². The van der Waals surface area contributed by atoms with Crippen molar-refractivity contribution in [1.82, 2.24) is 0 Å². The van der Waals surface area contributed by atoms with E-state index in [1.165, 1.54) is 11.1 Å². The van der Waals surface area contributed by atoms with E-state index in [-0.39, 0.29) is 11.9 Å². The normalized spacial score (nSPS) is 20.3. The van der Waals surface area contributed by atoms with E-state index in [9.17, 15) is 4.39 Å². The summed E-state index contributed by atoms with van der Waals surface area (Å²) in [7, 11) is 5.71. The van der Waals surface area contributed by atoms with Crippen LogP contribution in [0.1, 0.15) is 30.1 Å². The quantitative estimate of drug-likeness (QED) is 0.617. The van der Waals surface area contributed by atoms with Gasteiger partial charge in [0.1, 0.15) is 5.82 Å². The Hall–Kier alpha value is -2.31. The predicted octanol–water partition coefficient (Wildman–Crippen LogP) is 4.20. The molecule has 1 fully saturated rings. The second kappa shape index (κ2) is 9.45. The molecule has 1 atom stereocenters. The van der Waals surface area contributed by atoms with Crippen molar-refractivity contribution in [3.05, 3.63) is 53.3 Å². The number of quaternary nitrogens is 1. The van der Waals surface area contributed by atoms with Gasteiger partial charge in [-0.2, -0.15) is 0 Å². The van der Waals surface area contributed by atoms with Crippen LogP contribution in [0.15, 0.2) is 36.4 Å². The number of ether oxygens (including phenoxy) is 3. The zero-order valence-electron chi connectivity index (χ0n) is 18.9. The summed E-state index contributed by atoms with van der Waals surface area (Å²) >= 11 is 0. The number of nitrogens with zero attached hydrogens (tertiary/aromatic N) is 2. The molecule has 1 saturated heterocycles. The average Bonchev–Trinajstić information content (AvgIpc) is 2.79. The number of methoxy groups -OCH3 is 2. The summed E-state index contributed by atoms with van der Waals surface area (Å²) < 4.78 is 31.4. The summed E-state index contributed by atoms with van der Waals surface area (Å²) in [5, 5.41) is 0. The Kier molecular flexibility index (Phi) is 6.68. The van der Waals surface area contributed by atoms with Gasteiger partial charge in [0, 0.05) is 5.69 Å². The maximum atomic E-state index is 13.2. The number of fused-ring (bicyclic) bond motifs is 1. The zero-order chi connectivity index (χ0) is 21.8. The van der Waals surface area contributed by atoms with Crippen molar-refractivity contribution in [3.63, 3.8) is 0 Å². The summed E-state index contributed by atoms with van der Waals surface area (Å²) in [6.45, 7) is 6.10. The van der Waals surface area contributed by atoms with Crippen LogP contribution in [0, 0.1) is 5.82 Å². The second-order valence-electron chi connectivity index (χ2n) is 8.91. The molecule has 0 N–H and O–H groups in total. The number of hydrogen-bond acceptors (Lipinski definition) is 4. The number of halogens is 1. The van der Waals surface area contributed by atoms with Gasteiger partial charge in [-0.3, -0.25) is 0 Å². The van der Waals surface area contributed by atoms with Crippen LogP contribution in [0.5, 0.6) is 11.5 Å². The predicted molar refractivity (Wildman–Crippen MR) is 121 cm³/mol. The van der Waals surface area contributed by atoms with Crippen LogP contribution in [0.3, 0.4) is 0 Å². The van der Waals surface area contributed by atoms with Crippen molar-refractivity contribution < 1.29 is 23.1 Å². The van der Waals surface area contributed by atoms with Crippen LogP contribution in [0.4, 0.5) is 10.1 Å². The fraction of sp³-hybridized carbons (Fsp3) is 0.520. The van der Waals surface area contributed by atoms with E-state index in [4.69, 9.17) is 14.2 Å². The SMILES string of the molecule is COc1cc2c(cc1OC)C(CCC[N+]1(C)CCN(c3ccc(F)cc3)CC1)OCC2. The number of rotatable bonds is 7. The summed E-state index contributed by atoms with van der Waals surface area (Å²) in [6.07, 6.45) is 3.17. The number of benzene rings is 2. The summed E-state index contributed by atoms with van der Waals surface area (Å²) in [5.74, 6) is 1.38. The van der Waals surface area contributed by atoms with Crippen LogP contribution in [-0.4, -0.2) is 65.1 Å². The standard InChI is InChI=1S/C25H34FN2O3/c1-28(14-11-27(12-15-28)21-8-6-20(26)7-9-21)13-4-5-23-22-18-25(30-3)24(29-2)17-19(22)10-16-31-23/h6-9,17-18,23H,4-5,10-16H2,1-3H3/q+1. The molecule has 5 nitrogen and oxygen atoms in total.